The zero-order valence-electron chi connectivity index (χ0n) is 20.2. The zero-order valence-corrected chi connectivity index (χ0v) is 21.8. The summed E-state index contributed by atoms with van der Waals surface area (Å²) >= 11 is 8.15. The van der Waals surface area contributed by atoms with Gasteiger partial charge in [-0.25, -0.2) is 9.37 Å². The number of benzene rings is 2. The molecule has 0 saturated heterocycles. The summed E-state index contributed by atoms with van der Waals surface area (Å²) in [7, 11) is 3.18. The summed E-state index contributed by atoms with van der Waals surface area (Å²) in [6.45, 7) is 6.69. The molecule has 1 atom stereocenters. The van der Waals surface area contributed by atoms with Crippen molar-refractivity contribution in [2.75, 3.05) is 25.7 Å². The van der Waals surface area contributed by atoms with Gasteiger partial charge in [-0.05, 0) is 49.6 Å². The van der Waals surface area contributed by atoms with Gasteiger partial charge in [0.15, 0.2) is 5.13 Å². The molecule has 0 spiro atoms. The first-order chi connectivity index (χ1) is 16.3. The van der Waals surface area contributed by atoms with Crippen LogP contribution in [0, 0.1) is 32.0 Å². The Morgan fingerprint density at radius 2 is 2.00 bits per heavy atom. The molecule has 3 rings (SSSR count). The van der Waals surface area contributed by atoms with E-state index >= 15 is 0 Å². The third-order valence-corrected chi connectivity index (χ3v) is 7.05. The highest BCUT2D eigenvalue weighted by molar-refractivity contribution is 7.16. The van der Waals surface area contributed by atoms with Crippen LogP contribution in [0.3, 0.4) is 0 Å². The van der Waals surface area contributed by atoms with Crippen LogP contribution < -0.4 is 9.64 Å². The van der Waals surface area contributed by atoms with Crippen LogP contribution >= 0.6 is 22.9 Å². The van der Waals surface area contributed by atoms with Crippen molar-refractivity contribution in [1.82, 2.24) is 4.98 Å². The van der Waals surface area contributed by atoms with Gasteiger partial charge in [-0.15, -0.1) is 17.8 Å². The number of aromatic nitrogens is 1. The van der Waals surface area contributed by atoms with Crippen LogP contribution in [0.1, 0.15) is 47.4 Å². The van der Waals surface area contributed by atoms with Crippen LogP contribution in [-0.2, 0) is 11.3 Å². The topological polar surface area (TPSA) is 34.6 Å². The molecule has 34 heavy (non-hydrogen) atoms. The highest BCUT2D eigenvalue weighted by atomic mass is 35.5. The molecule has 0 unspecified atom stereocenters. The summed E-state index contributed by atoms with van der Waals surface area (Å²) in [5, 5.41) is 1.36. The molecule has 7 heteroatoms. The average molecular weight is 501 g/mol. The molecule has 0 saturated carbocycles. The van der Waals surface area contributed by atoms with Gasteiger partial charge < -0.3 is 14.4 Å². The minimum absolute atomic E-state index is 0.112. The van der Waals surface area contributed by atoms with E-state index in [0.717, 1.165) is 51.0 Å². The van der Waals surface area contributed by atoms with Crippen molar-refractivity contribution in [2.45, 2.75) is 46.3 Å². The minimum Gasteiger partial charge on any atom is -0.496 e. The first-order valence-corrected chi connectivity index (χ1v) is 12.3. The number of methoxy groups -OCH3 is 2. The molecule has 0 aliphatic carbocycles. The van der Waals surface area contributed by atoms with Gasteiger partial charge in [0.25, 0.3) is 0 Å². The summed E-state index contributed by atoms with van der Waals surface area (Å²) in [5.74, 6) is 3.22. The van der Waals surface area contributed by atoms with E-state index < -0.39 is 0 Å². The Labute approximate surface area is 210 Å². The van der Waals surface area contributed by atoms with E-state index in [1.807, 2.05) is 32.0 Å². The smallest absolute Gasteiger partial charge is 0.187 e. The van der Waals surface area contributed by atoms with Gasteiger partial charge in [0.2, 0.25) is 0 Å². The Morgan fingerprint density at radius 1 is 1.24 bits per heavy atom. The third kappa shape index (κ3) is 5.55. The summed E-state index contributed by atoms with van der Waals surface area (Å²) in [6, 6.07) is 9.01. The van der Waals surface area contributed by atoms with E-state index in [1.165, 1.54) is 0 Å². The van der Waals surface area contributed by atoms with Gasteiger partial charge in [0.05, 0.1) is 37.0 Å². The number of anilines is 1. The van der Waals surface area contributed by atoms with Crippen molar-refractivity contribution >= 4 is 28.1 Å². The molecule has 0 amide bonds. The maximum atomic E-state index is 14.7. The lowest BCUT2D eigenvalue weighted by Gasteiger charge is -2.30. The first kappa shape index (κ1) is 26.0. The van der Waals surface area contributed by atoms with Gasteiger partial charge in [-0.3, -0.25) is 0 Å². The largest absolute Gasteiger partial charge is 0.496 e. The van der Waals surface area contributed by atoms with E-state index in [-0.39, 0.29) is 18.5 Å². The Kier molecular flexibility index (Phi) is 8.96. The lowest BCUT2D eigenvalue weighted by molar-refractivity contribution is 0.181. The Bertz CT molecular complexity index is 1190. The molecule has 0 bridgehead atoms. The van der Waals surface area contributed by atoms with Crippen LogP contribution in [0.15, 0.2) is 30.3 Å². The van der Waals surface area contributed by atoms with Gasteiger partial charge >= 0.3 is 0 Å². The van der Waals surface area contributed by atoms with Crippen molar-refractivity contribution in [1.29, 1.82) is 0 Å². The van der Waals surface area contributed by atoms with Crippen molar-refractivity contribution in [2.24, 2.45) is 0 Å². The van der Waals surface area contributed by atoms with Gasteiger partial charge in [-0.2, -0.15) is 0 Å². The molecular formula is C27H30ClFN2O2S. The van der Waals surface area contributed by atoms with E-state index in [1.54, 1.807) is 37.7 Å². The molecule has 0 radical (unpaired) electrons. The molecule has 0 fully saturated rings. The molecule has 180 valence electrons. The highest BCUT2D eigenvalue weighted by Crippen LogP contribution is 2.41. The van der Waals surface area contributed by atoms with E-state index in [0.29, 0.717) is 17.1 Å². The van der Waals surface area contributed by atoms with Crippen LogP contribution in [0.4, 0.5) is 9.52 Å². The number of aryl methyl sites for hydroxylation is 2. The molecule has 3 aromatic rings. The first-order valence-electron chi connectivity index (χ1n) is 11.1. The number of terminal acetylenes is 1. The molecule has 0 N–H and O–H groups in total. The lowest BCUT2D eigenvalue weighted by atomic mass is 9.99. The summed E-state index contributed by atoms with van der Waals surface area (Å²) in [4.78, 5) is 8.08. The van der Waals surface area contributed by atoms with Crippen molar-refractivity contribution < 1.29 is 13.9 Å². The fourth-order valence-corrected chi connectivity index (χ4v) is 5.26. The molecule has 1 aromatic heterocycles. The molecule has 2 aromatic carbocycles. The predicted octanol–water partition coefficient (Wildman–Crippen LogP) is 7.36. The van der Waals surface area contributed by atoms with E-state index in [9.17, 15) is 4.39 Å². The standard InChI is InChI=1S/C27H30ClFN2O2S/c1-7-9-24(19-10-11-20(16-32-5)23(29)14-19)31(12-8-2)27-30-26(18(4)34-27)21-13-17(3)25(33-6)15-22(21)28/h2,10-11,13-15,24H,7,9,12,16H2,1,3-6H3/t24-/m0/s1. The van der Waals surface area contributed by atoms with Crippen LogP contribution in [0.25, 0.3) is 11.3 Å². The van der Waals surface area contributed by atoms with Crippen LogP contribution in [-0.4, -0.2) is 25.7 Å². The molecule has 0 aliphatic rings. The van der Waals surface area contributed by atoms with Gasteiger partial charge in [0, 0.05) is 23.1 Å². The molecule has 4 nitrogen and oxygen atoms in total. The number of hydrogen-bond acceptors (Lipinski definition) is 5. The van der Waals surface area contributed by atoms with Crippen molar-refractivity contribution in [3.05, 3.63) is 62.7 Å². The monoisotopic (exact) mass is 500 g/mol. The van der Waals surface area contributed by atoms with Gasteiger partial charge in [-0.1, -0.05) is 43.0 Å². The Balaban J connectivity index is 2.05. The SMILES string of the molecule is C#CCN(c1nc(-c2cc(C)c(OC)cc2Cl)c(C)s1)[C@@H](CCC)c1ccc(COC)c(F)c1. The minimum atomic E-state index is -0.280. The lowest BCUT2D eigenvalue weighted by Crippen LogP contribution is -2.29. The number of ether oxygens (including phenoxy) is 2. The van der Waals surface area contributed by atoms with E-state index in [2.05, 4.69) is 17.7 Å². The fraction of sp³-hybridized carbons (Fsp3) is 0.370. The fourth-order valence-electron chi connectivity index (χ4n) is 4.05. The predicted molar refractivity (Wildman–Crippen MR) is 140 cm³/mol. The van der Waals surface area contributed by atoms with Crippen molar-refractivity contribution in [3.63, 3.8) is 0 Å². The van der Waals surface area contributed by atoms with Crippen molar-refractivity contribution in [3.8, 4) is 29.4 Å². The second-order valence-corrected chi connectivity index (χ2v) is 9.71. The summed E-state index contributed by atoms with van der Waals surface area (Å²) in [6.07, 6.45) is 7.48. The Hall–Kier alpha value is -2.59. The number of nitrogens with zero attached hydrogens (tertiary/aromatic N) is 2. The Morgan fingerprint density at radius 3 is 2.62 bits per heavy atom. The third-order valence-electron chi connectivity index (χ3n) is 5.73. The summed E-state index contributed by atoms with van der Waals surface area (Å²) in [5.41, 5.74) is 4.04. The highest BCUT2D eigenvalue weighted by Gasteiger charge is 2.25. The normalized spacial score (nSPS) is 11.8. The maximum Gasteiger partial charge on any atom is 0.187 e. The van der Waals surface area contributed by atoms with E-state index in [4.69, 9.17) is 32.5 Å². The average Bonchev–Trinajstić information content (AvgIpc) is 3.19. The second-order valence-electron chi connectivity index (χ2n) is 8.12. The second kappa shape index (κ2) is 11.7. The van der Waals surface area contributed by atoms with Crippen LogP contribution in [0.5, 0.6) is 5.75 Å². The van der Waals surface area contributed by atoms with Gasteiger partial charge in [0.1, 0.15) is 11.6 Å². The van der Waals surface area contributed by atoms with Crippen LogP contribution in [0.2, 0.25) is 5.02 Å². The number of rotatable bonds is 10. The molecule has 0 aliphatic heterocycles. The zero-order chi connectivity index (χ0) is 24.8. The number of hydrogen-bond donors (Lipinski definition) is 0. The molecular weight excluding hydrogens is 471 g/mol. The quantitative estimate of drug-likeness (QED) is 0.272. The summed E-state index contributed by atoms with van der Waals surface area (Å²) < 4.78 is 25.2. The number of thiazole rings is 1. The molecule has 1 heterocycles. The maximum absolute atomic E-state index is 14.7. The number of halogens is 2.